The van der Waals surface area contributed by atoms with Crippen molar-refractivity contribution in [2.45, 2.75) is 18.3 Å². The van der Waals surface area contributed by atoms with E-state index in [1.165, 1.54) is 83.6 Å². The van der Waals surface area contributed by atoms with Crippen LogP contribution in [0.25, 0.3) is 44.5 Å². The van der Waals surface area contributed by atoms with Crippen LogP contribution in [0.4, 0.5) is 5.69 Å². The van der Waals surface area contributed by atoms with Crippen molar-refractivity contribution in [3.63, 3.8) is 0 Å². The molecule has 1 atom stereocenters. The third-order valence-electron chi connectivity index (χ3n) is 10.5. The molecule has 0 saturated carbocycles. The summed E-state index contributed by atoms with van der Waals surface area (Å²) in [4.78, 5) is 5.37. The van der Waals surface area contributed by atoms with Crippen LogP contribution < -0.4 is 0 Å². The Morgan fingerprint density at radius 2 is 1.02 bits per heavy atom. The van der Waals surface area contributed by atoms with Gasteiger partial charge in [0.15, 0.2) is 0 Å². The molecule has 3 aliphatic rings. The zero-order valence-corrected chi connectivity index (χ0v) is 25.9. The summed E-state index contributed by atoms with van der Waals surface area (Å²) in [7, 11) is 0. The minimum atomic E-state index is 0.145. The van der Waals surface area contributed by atoms with Crippen molar-refractivity contribution < 1.29 is 0 Å². The second kappa shape index (κ2) is 10.4. The van der Waals surface area contributed by atoms with E-state index in [9.17, 15) is 0 Å². The highest BCUT2D eigenvalue weighted by atomic mass is 14.8. The molecule has 0 bridgehead atoms. The minimum Gasteiger partial charge on any atom is -0.252 e. The number of rotatable bonds is 3. The number of para-hydroxylation sites is 1. The summed E-state index contributed by atoms with van der Waals surface area (Å²) >= 11 is 0. The molecule has 220 valence electrons. The molecule has 47 heavy (non-hydrogen) atoms. The Hall–Kier alpha value is -5.79. The standard InChI is InChI=1S/C46H31N/c1-3-11-29(12-4-1)31-19-23-38-40(25-31)41-26-32(30-13-5-2-6-14-30)20-24-39(41)45(38)34-21-22-37-35-16-8-9-17-36(35)42-27-33-15-7-10-18-44(33)47-46(42)43(37)28-34/h1-26,28,42,45H,27H2. The summed E-state index contributed by atoms with van der Waals surface area (Å²) in [6.45, 7) is 0. The number of nitrogens with zero attached hydrogens (tertiary/aromatic N) is 1. The molecular formula is C46H31N. The van der Waals surface area contributed by atoms with E-state index in [4.69, 9.17) is 4.99 Å². The lowest BCUT2D eigenvalue weighted by Crippen LogP contribution is -2.25. The molecule has 2 aliphatic carbocycles. The van der Waals surface area contributed by atoms with Crippen LogP contribution in [0.2, 0.25) is 0 Å². The van der Waals surface area contributed by atoms with Crippen LogP contribution in [0.3, 0.4) is 0 Å². The third kappa shape index (κ3) is 4.13. The van der Waals surface area contributed by atoms with Crippen molar-refractivity contribution >= 4 is 11.4 Å². The maximum Gasteiger partial charge on any atom is 0.0665 e. The van der Waals surface area contributed by atoms with Gasteiger partial charge in [0.05, 0.1) is 11.4 Å². The van der Waals surface area contributed by atoms with E-state index in [2.05, 4.69) is 164 Å². The van der Waals surface area contributed by atoms with Gasteiger partial charge in [0.25, 0.3) is 0 Å². The lowest BCUT2D eigenvalue weighted by atomic mass is 9.72. The quantitative estimate of drug-likeness (QED) is 0.192. The second-order valence-corrected chi connectivity index (χ2v) is 13.0. The van der Waals surface area contributed by atoms with Crippen molar-refractivity contribution in [2.75, 3.05) is 0 Å². The maximum atomic E-state index is 5.37. The van der Waals surface area contributed by atoms with Crippen LogP contribution in [0.5, 0.6) is 0 Å². The van der Waals surface area contributed by atoms with Crippen LogP contribution in [0.1, 0.15) is 45.2 Å². The Balaban J connectivity index is 1.18. The van der Waals surface area contributed by atoms with E-state index in [1.807, 2.05) is 0 Å². The molecule has 0 aromatic heterocycles. The molecule has 7 aromatic carbocycles. The lowest BCUT2D eigenvalue weighted by molar-refractivity contribution is 0.854. The SMILES string of the molecule is c1ccc(-c2ccc3c(c2)-c2cc(-c4ccccc4)ccc2C3c2ccc3c(c2)C2=Nc4ccccc4CC2c2ccccc2-3)cc1. The van der Waals surface area contributed by atoms with Gasteiger partial charge < -0.3 is 0 Å². The molecule has 0 amide bonds. The Morgan fingerprint density at radius 1 is 0.404 bits per heavy atom. The van der Waals surface area contributed by atoms with Crippen molar-refractivity contribution in [3.8, 4) is 44.5 Å². The van der Waals surface area contributed by atoms with E-state index >= 15 is 0 Å². The second-order valence-electron chi connectivity index (χ2n) is 13.0. The molecule has 1 unspecified atom stereocenters. The van der Waals surface area contributed by atoms with E-state index in [0.29, 0.717) is 0 Å². The van der Waals surface area contributed by atoms with Crippen LogP contribution in [0.15, 0.2) is 169 Å². The minimum absolute atomic E-state index is 0.145. The molecule has 0 spiro atoms. The van der Waals surface area contributed by atoms with Crippen LogP contribution in [-0.2, 0) is 6.42 Å². The largest absolute Gasteiger partial charge is 0.252 e. The Bertz CT molecular complexity index is 2290. The average Bonchev–Trinajstić information content (AvgIpc) is 3.48. The molecule has 0 N–H and O–H groups in total. The summed E-state index contributed by atoms with van der Waals surface area (Å²) in [5.41, 5.74) is 20.6. The fourth-order valence-electron chi connectivity index (χ4n) is 8.29. The first-order valence-corrected chi connectivity index (χ1v) is 16.6. The predicted octanol–water partition coefficient (Wildman–Crippen LogP) is 11.6. The highest BCUT2D eigenvalue weighted by Gasteiger charge is 2.36. The van der Waals surface area contributed by atoms with Gasteiger partial charge in [-0.05, 0) is 103 Å². The summed E-state index contributed by atoms with van der Waals surface area (Å²) in [6, 6.07) is 60.4. The van der Waals surface area contributed by atoms with Gasteiger partial charge in [-0.3, -0.25) is 4.99 Å². The highest BCUT2D eigenvalue weighted by Crippen LogP contribution is 2.52. The number of fused-ring (bicyclic) bond motifs is 10. The molecule has 1 nitrogen and oxygen atoms in total. The normalized spacial score (nSPS) is 15.4. The predicted molar refractivity (Wildman–Crippen MR) is 195 cm³/mol. The molecule has 10 rings (SSSR count). The van der Waals surface area contributed by atoms with E-state index in [1.54, 1.807) is 0 Å². The summed E-state index contributed by atoms with van der Waals surface area (Å²) in [5.74, 6) is 0.404. The van der Waals surface area contributed by atoms with Gasteiger partial charge in [0.1, 0.15) is 0 Å². The molecule has 0 saturated heterocycles. The summed E-state index contributed by atoms with van der Waals surface area (Å²) in [6.07, 6.45) is 0.981. The summed E-state index contributed by atoms with van der Waals surface area (Å²) in [5, 5.41) is 0. The van der Waals surface area contributed by atoms with Crippen molar-refractivity contribution in [1.82, 2.24) is 0 Å². The van der Waals surface area contributed by atoms with Gasteiger partial charge in [-0.15, -0.1) is 0 Å². The van der Waals surface area contributed by atoms with Crippen molar-refractivity contribution in [2.24, 2.45) is 4.99 Å². The first-order chi connectivity index (χ1) is 23.3. The van der Waals surface area contributed by atoms with Gasteiger partial charge in [0, 0.05) is 17.4 Å². The molecular weight excluding hydrogens is 567 g/mol. The number of benzene rings is 7. The smallest absolute Gasteiger partial charge is 0.0665 e. The lowest BCUT2D eigenvalue weighted by Gasteiger charge is -2.33. The molecule has 1 heteroatoms. The Kier molecular flexibility index (Phi) is 5.83. The van der Waals surface area contributed by atoms with Gasteiger partial charge in [0.2, 0.25) is 0 Å². The molecule has 0 radical (unpaired) electrons. The summed E-state index contributed by atoms with van der Waals surface area (Å²) < 4.78 is 0. The van der Waals surface area contributed by atoms with E-state index < -0.39 is 0 Å². The first kappa shape index (κ1) is 26.4. The van der Waals surface area contributed by atoms with Crippen LogP contribution in [-0.4, -0.2) is 5.71 Å². The maximum absolute atomic E-state index is 5.37. The number of hydrogen-bond acceptors (Lipinski definition) is 1. The van der Waals surface area contributed by atoms with Crippen LogP contribution >= 0.6 is 0 Å². The molecule has 7 aromatic rings. The van der Waals surface area contributed by atoms with E-state index in [-0.39, 0.29) is 11.8 Å². The molecule has 0 fully saturated rings. The van der Waals surface area contributed by atoms with Gasteiger partial charge in [-0.1, -0.05) is 140 Å². The fourth-order valence-corrected chi connectivity index (χ4v) is 8.29. The molecule has 1 aliphatic heterocycles. The van der Waals surface area contributed by atoms with Gasteiger partial charge >= 0.3 is 0 Å². The monoisotopic (exact) mass is 597 g/mol. The third-order valence-corrected chi connectivity index (χ3v) is 10.5. The topological polar surface area (TPSA) is 12.4 Å². The van der Waals surface area contributed by atoms with Crippen molar-refractivity contribution in [3.05, 3.63) is 197 Å². The van der Waals surface area contributed by atoms with E-state index in [0.717, 1.165) is 12.1 Å². The Labute approximate surface area is 275 Å². The number of hydrogen-bond donors (Lipinski definition) is 0. The molecule has 1 heterocycles. The van der Waals surface area contributed by atoms with Crippen LogP contribution in [0, 0.1) is 0 Å². The zero-order valence-electron chi connectivity index (χ0n) is 25.9. The van der Waals surface area contributed by atoms with Gasteiger partial charge in [-0.25, -0.2) is 0 Å². The zero-order chi connectivity index (χ0) is 30.9. The number of aliphatic imine (C=N–C) groups is 1. The Morgan fingerprint density at radius 3 is 1.72 bits per heavy atom. The highest BCUT2D eigenvalue weighted by molar-refractivity contribution is 6.15. The van der Waals surface area contributed by atoms with Crippen molar-refractivity contribution in [1.29, 1.82) is 0 Å². The fraction of sp³-hybridized carbons (Fsp3) is 0.0652. The first-order valence-electron chi connectivity index (χ1n) is 16.6. The van der Waals surface area contributed by atoms with Gasteiger partial charge in [-0.2, -0.15) is 0 Å². The average molecular weight is 598 g/mol.